The zero-order valence-electron chi connectivity index (χ0n) is 7.89. The van der Waals surface area contributed by atoms with Crippen LogP contribution in [0.4, 0.5) is 0 Å². The van der Waals surface area contributed by atoms with Crippen molar-refractivity contribution in [3.05, 3.63) is 0 Å². The second-order valence-electron chi connectivity index (χ2n) is 3.33. The summed E-state index contributed by atoms with van der Waals surface area (Å²) >= 11 is 0. The van der Waals surface area contributed by atoms with Crippen LogP contribution in [-0.2, 0) is 9.47 Å². The number of hydrogen-bond donors (Lipinski definition) is 1. The van der Waals surface area contributed by atoms with Crippen LogP contribution in [0.2, 0.25) is 19.1 Å². The summed E-state index contributed by atoms with van der Waals surface area (Å²) in [7, 11) is 1.96. The van der Waals surface area contributed by atoms with Crippen LogP contribution >= 0.6 is 0 Å². The van der Waals surface area contributed by atoms with E-state index in [2.05, 4.69) is 13.1 Å². The molecule has 4 heteroatoms. The lowest BCUT2D eigenvalue weighted by atomic mass is 10.8. The van der Waals surface area contributed by atoms with Crippen molar-refractivity contribution in [3.8, 4) is 0 Å². The van der Waals surface area contributed by atoms with Crippen molar-refractivity contribution in [2.45, 2.75) is 25.1 Å². The maximum absolute atomic E-state index is 5.49. The Bertz CT molecular complexity index is 105. The molecule has 0 saturated carbocycles. The third-order valence-electron chi connectivity index (χ3n) is 1.85. The molecular formula is C7H19NO2Si. The Morgan fingerprint density at radius 1 is 1.27 bits per heavy atom. The molecule has 2 N–H and O–H groups in total. The number of rotatable bonds is 5. The van der Waals surface area contributed by atoms with Crippen LogP contribution in [-0.4, -0.2) is 34.8 Å². The Morgan fingerprint density at radius 3 is 2.00 bits per heavy atom. The lowest BCUT2D eigenvalue weighted by Gasteiger charge is -2.29. The number of ether oxygens (including phenoxy) is 2. The maximum Gasteiger partial charge on any atom is 0.140 e. The molecule has 68 valence electrons. The van der Waals surface area contributed by atoms with E-state index in [-0.39, 0.29) is 5.91 Å². The van der Waals surface area contributed by atoms with Gasteiger partial charge < -0.3 is 15.2 Å². The van der Waals surface area contributed by atoms with Gasteiger partial charge in [0.25, 0.3) is 0 Å². The molecule has 0 atom stereocenters. The van der Waals surface area contributed by atoms with Crippen molar-refractivity contribution < 1.29 is 9.47 Å². The summed E-state index contributed by atoms with van der Waals surface area (Å²) in [4.78, 5) is 0. The normalized spacial score (nSPS) is 12.5. The minimum Gasteiger partial charge on any atom is -0.360 e. The maximum atomic E-state index is 5.49. The van der Waals surface area contributed by atoms with Gasteiger partial charge in [0.2, 0.25) is 0 Å². The fraction of sp³-hybridized carbons (Fsp3) is 1.00. The predicted octanol–water partition coefficient (Wildman–Crippen LogP) is 0.812. The molecule has 0 saturated heterocycles. The lowest BCUT2D eigenvalue weighted by molar-refractivity contribution is -0.0501. The molecule has 0 bridgehead atoms. The third-order valence-corrected chi connectivity index (χ3v) is 5.18. The van der Waals surface area contributed by atoms with Crippen molar-refractivity contribution in [1.29, 1.82) is 0 Å². The zero-order chi connectivity index (χ0) is 8.91. The van der Waals surface area contributed by atoms with Crippen LogP contribution in [0.3, 0.4) is 0 Å². The SMILES string of the molecule is COC(OC)[Si](C)(C)CCN. The Hall–Kier alpha value is 0.0969. The minimum absolute atomic E-state index is 0.0222. The highest BCUT2D eigenvalue weighted by Crippen LogP contribution is 2.16. The summed E-state index contributed by atoms with van der Waals surface area (Å²) in [6, 6.07) is 1.04. The molecule has 11 heavy (non-hydrogen) atoms. The largest absolute Gasteiger partial charge is 0.360 e. The van der Waals surface area contributed by atoms with E-state index in [1.807, 2.05) is 0 Å². The van der Waals surface area contributed by atoms with Crippen molar-refractivity contribution in [3.63, 3.8) is 0 Å². The van der Waals surface area contributed by atoms with E-state index in [0.29, 0.717) is 0 Å². The smallest absolute Gasteiger partial charge is 0.140 e. The van der Waals surface area contributed by atoms with Crippen LogP contribution in [0.5, 0.6) is 0 Å². The Kier molecular flexibility index (Phi) is 4.91. The summed E-state index contributed by atoms with van der Waals surface area (Å²) in [5, 5.41) is 0. The predicted molar refractivity (Wildman–Crippen MR) is 49.1 cm³/mol. The van der Waals surface area contributed by atoms with Crippen molar-refractivity contribution in [2.24, 2.45) is 5.73 Å². The van der Waals surface area contributed by atoms with Gasteiger partial charge in [0.15, 0.2) is 0 Å². The molecule has 0 aliphatic rings. The highest BCUT2D eigenvalue weighted by molar-refractivity contribution is 6.78. The quantitative estimate of drug-likeness (QED) is 0.499. The second kappa shape index (κ2) is 4.87. The zero-order valence-corrected chi connectivity index (χ0v) is 8.89. The molecule has 0 fully saturated rings. The number of hydrogen-bond acceptors (Lipinski definition) is 3. The first-order valence-corrected chi connectivity index (χ1v) is 7.12. The van der Waals surface area contributed by atoms with Crippen molar-refractivity contribution in [1.82, 2.24) is 0 Å². The Morgan fingerprint density at radius 2 is 1.73 bits per heavy atom. The third kappa shape index (κ3) is 3.33. The standard InChI is InChI=1S/C7H19NO2Si/c1-9-7(10-2)11(3,4)6-5-8/h7H,5-6,8H2,1-4H3. The van der Waals surface area contributed by atoms with Gasteiger partial charge in [-0.25, -0.2) is 0 Å². The first-order valence-electron chi connectivity index (χ1n) is 3.84. The van der Waals surface area contributed by atoms with E-state index in [1.165, 1.54) is 0 Å². The molecule has 0 aromatic carbocycles. The summed E-state index contributed by atoms with van der Waals surface area (Å²) in [5.74, 6) is -0.0222. The lowest BCUT2D eigenvalue weighted by Crippen LogP contribution is -2.45. The van der Waals surface area contributed by atoms with Gasteiger partial charge >= 0.3 is 0 Å². The van der Waals surface area contributed by atoms with Crippen LogP contribution in [0, 0.1) is 0 Å². The van der Waals surface area contributed by atoms with Crippen molar-refractivity contribution in [2.75, 3.05) is 20.8 Å². The van der Waals surface area contributed by atoms with Gasteiger partial charge in [-0.3, -0.25) is 0 Å². The van der Waals surface area contributed by atoms with Crippen molar-refractivity contribution >= 4 is 8.07 Å². The van der Waals surface area contributed by atoms with Gasteiger partial charge in [-0.2, -0.15) is 0 Å². The highest BCUT2D eigenvalue weighted by Gasteiger charge is 2.31. The molecule has 0 unspecified atom stereocenters. The molecule has 0 aliphatic heterocycles. The minimum atomic E-state index is -1.40. The molecule has 0 aliphatic carbocycles. The summed E-state index contributed by atoms with van der Waals surface area (Å²) in [6.07, 6.45) is 0. The van der Waals surface area contributed by atoms with Gasteiger partial charge in [0.1, 0.15) is 14.0 Å². The fourth-order valence-electron chi connectivity index (χ4n) is 1.22. The van der Waals surface area contributed by atoms with Crippen LogP contribution < -0.4 is 5.73 Å². The summed E-state index contributed by atoms with van der Waals surface area (Å²) in [5.41, 5.74) is 5.49. The summed E-state index contributed by atoms with van der Waals surface area (Å²) < 4.78 is 10.4. The van der Waals surface area contributed by atoms with Gasteiger partial charge in [0, 0.05) is 14.2 Å². The van der Waals surface area contributed by atoms with Crippen LogP contribution in [0.15, 0.2) is 0 Å². The van der Waals surface area contributed by atoms with Gasteiger partial charge in [0.05, 0.1) is 0 Å². The first-order chi connectivity index (χ1) is 5.08. The molecule has 0 radical (unpaired) electrons. The van der Waals surface area contributed by atoms with E-state index < -0.39 is 8.07 Å². The van der Waals surface area contributed by atoms with Gasteiger partial charge in [-0.15, -0.1) is 0 Å². The molecular weight excluding hydrogens is 158 g/mol. The Labute approximate surface area is 69.9 Å². The number of methoxy groups -OCH3 is 2. The molecule has 0 aromatic heterocycles. The topological polar surface area (TPSA) is 44.5 Å². The average molecular weight is 177 g/mol. The highest BCUT2D eigenvalue weighted by atomic mass is 28.3. The first kappa shape index (κ1) is 11.1. The molecule has 0 heterocycles. The molecule has 3 nitrogen and oxygen atoms in total. The molecule has 0 spiro atoms. The van der Waals surface area contributed by atoms with Crippen LogP contribution in [0.25, 0.3) is 0 Å². The van der Waals surface area contributed by atoms with Gasteiger partial charge in [-0.1, -0.05) is 13.1 Å². The molecule has 0 aromatic rings. The van der Waals surface area contributed by atoms with Crippen LogP contribution in [0.1, 0.15) is 0 Å². The monoisotopic (exact) mass is 177 g/mol. The second-order valence-corrected chi connectivity index (χ2v) is 8.28. The van der Waals surface area contributed by atoms with E-state index in [4.69, 9.17) is 15.2 Å². The van der Waals surface area contributed by atoms with E-state index in [9.17, 15) is 0 Å². The van der Waals surface area contributed by atoms with E-state index in [0.717, 1.165) is 12.6 Å². The summed E-state index contributed by atoms with van der Waals surface area (Å²) in [6.45, 7) is 5.16. The molecule has 0 rings (SSSR count). The van der Waals surface area contributed by atoms with Gasteiger partial charge in [-0.05, 0) is 12.6 Å². The van der Waals surface area contributed by atoms with E-state index in [1.54, 1.807) is 14.2 Å². The average Bonchev–Trinajstić information content (AvgIpc) is 1.89. The Balaban J connectivity index is 4.00. The fourth-order valence-corrected chi connectivity index (χ4v) is 3.48. The number of nitrogens with two attached hydrogens (primary N) is 1. The van der Waals surface area contributed by atoms with E-state index >= 15 is 0 Å². The molecule has 0 amide bonds.